The molecule has 0 aliphatic carbocycles. The van der Waals surface area contributed by atoms with Crippen LogP contribution in [0, 0.1) is 12.7 Å². The van der Waals surface area contributed by atoms with Crippen LogP contribution < -0.4 is 10.1 Å². The minimum absolute atomic E-state index is 0.0191. The van der Waals surface area contributed by atoms with E-state index in [4.69, 9.17) is 9.72 Å². The van der Waals surface area contributed by atoms with Gasteiger partial charge in [-0.2, -0.15) is 5.10 Å². The molecular formula is C25H23FN4O4S. The predicted octanol–water partition coefficient (Wildman–Crippen LogP) is 4.17. The minimum Gasteiger partial charge on any atom is -0.497 e. The van der Waals surface area contributed by atoms with Gasteiger partial charge in [0.1, 0.15) is 11.6 Å². The Kier molecular flexibility index (Phi) is 5.76. The summed E-state index contributed by atoms with van der Waals surface area (Å²) in [6.45, 7) is 1.77. The first kappa shape index (κ1) is 23.0. The Balaban J connectivity index is 1.66. The molecule has 180 valence electrons. The first-order valence-corrected chi connectivity index (χ1v) is 12.9. The summed E-state index contributed by atoms with van der Waals surface area (Å²) in [6, 6.07) is 14.1. The van der Waals surface area contributed by atoms with Crippen molar-refractivity contribution in [3.63, 3.8) is 0 Å². The summed E-state index contributed by atoms with van der Waals surface area (Å²) < 4.78 is 44.5. The van der Waals surface area contributed by atoms with E-state index in [9.17, 15) is 17.6 Å². The number of benzene rings is 2. The molecule has 1 N–H and O–H groups in total. The number of carbonyl (C=O) groups excluding carboxylic acids is 1. The summed E-state index contributed by atoms with van der Waals surface area (Å²) in [7, 11) is -1.58. The number of aromatic nitrogens is 3. The van der Waals surface area contributed by atoms with Crippen LogP contribution in [0.3, 0.4) is 0 Å². The lowest BCUT2D eigenvalue weighted by molar-refractivity contribution is 0.102. The zero-order chi connectivity index (χ0) is 24.7. The number of ether oxygens (including phenoxy) is 1. The van der Waals surface area contributed by atoms with Crippen molar-refractivity contribution in [2.45, 2.75) is 19.4 Å². The van der Waals surface area contributed by atoms with E-state index in [1.165, 1.54) is 24.3 Å². The third-order valence-electron chi connectivity index (χ3n) is 6.12. The summed E-state index contributed by atoms with van der Waals surface area (Å²) in [6.07, 6.45) is 0.435. The van der Waals surface area contributed by atoms with Crippen LogP contribution in [0.5, 0.6) is 5.75 Å². The fourth-order valence-electron chi connectivity index (χ4n) is 4.36. The highest BCUT2D eigenvalue weighted by atomic mass is 32.2. The highest BCUT2D eigenvalue weighted by molar-refractivity contribution is 7.91. The number of methoxy groups -OCH3 is 1. The zero-order valence-electron chi connectivity index (χ0n) is 19.2. The molecule has 0 unspecified atom stereocenters. The Morgan fingerprint density at radius 3 is 2.49 bits per heavy atom. The van der Waals surface area contributed by atoms with Gasteiger partial charge in [0.2, 0.25) is 0 Å². The van der Waals surface area contributed by atoms with Gasteiger partial charge in [-0.25, -0.2) is 22.5 Å². The number of pyridine rings is 1. The van der Waals surface area contributed by atoms with Crippen molar-refractivity contribution in [1.29, 1.82) is 0 Å². The number of carbonyl (C=O) groups is 1. The quantitative estimate of drug-likeness (QED) is 0.447. The Morgan fingerprint density at radius 1 is 1.14 bits per heavy atom. The van der Waals surface area contributed by atoms with Gasteiger partial charge in [0.15, 0.2) is 15.5 Å². The molecule has 2 aromatic carbocycles. The molecule has 2 aromatic heterocycles. The lowest BCUT2D eigenvalue weighted by Gasteiger charge is -2.13. The Labute approximate surface area is 201 Å². The van der Waals surface area contributed by atoms with Gasteiger partial charge in [0.25, 0.3) is 5.91 Å². The summed E-state index contributed by atoms with van der Waals surface area (Å²) in [5.74, 6) is -0.0514. The Bertz CT molecular complexity index is 1530. The van der Waals surface area contributed by atoms with E-state index >= 15 is 0 Å². The van der Waals surface area contributed by atoms with Crippen molar-refractivity contribution in [3.05, 3.63) is 71.7 Å². The first-order chi connectivity index (χ1) is 16.7. The fraction of sp³-hybridized carbons (Fsp3) is 0.240. The maximum Gasteiger partial charge on any atom is 0.256 e. The highest BCUT2D eigenvalue weighted by Crippen LogP contribution is 2.33. The second-order valence-electron chi connectivity index (χ2n) is 8.53. The molecule has 4 aromatic rings. The number of sulfone groups is 1. The molecule has 0 saturated carbocycles. The number of halogens is 1. The topological polar surface area (TPSA) is 103 Å². The molecule has 5 rings (SSSR count). The lowest BCUT2D eigenvalue weighted by atomic mass is 10.0. The van der Waals surface area contributed by atoms with E-state index in [-0.39, 0.29) is 17.5 Å². The molecule has 1 fully saturated rings. The van der Waals surface area contributed by atoms with Crippen molar-refractivity contribution in [3.8, 4) is 17.0 Å². The van der Waals surface area contributed by atoms with Crippen molar-refractivity contribution in [1.82, 2.24) is 14.8 Å². The minimum atomic E-state index is -3.16. The van der Waals surface area contributed by atoms with Gasteiger partial charge in [0, 0.05) is 11.3 Å². The number of aryl methyl sites for hydroxylation is 1. The van der Waals surface area contributed by atoms with Gasteiger partial charge in [0.05, 0.1) is 47.0 Å². The third-order valence-corrected chi connectivity index (χ3v) is 7.87. The Hall–Kier alpha value is -3.79. The van der Waals surface area contributed by atoms with Crippen molar-refractivity contribution in [2.75, 3.05) is 23.9 Å². The molecule has 1 aliphatic rings. The van der Waals surface area contributed by atoms with Crippen molar-refractivity contribution in [2.24, 2.45) is 0 Å². The highest BCUT2D eigenvalue weighted by Gasteiger charge is 2.32. The maximum absolute atomic E-state index is 13.4. The number of fused-ring (bicyclic) bond motifs is 1. The van der Waals surface area contributed by atoms with Crippen LogP contribution in [0.2, 0.25) is 0 Å². The van der Waals surface area contributed by atoms with Crippen LogP contribution >= 0.6 is 0 Å². The third kappa shape index (κ3) is 4.49. The fourth-order valence-corrected chi connectivity index (χ4v) is 6.05. The SMILES string of the molecule is COc1ccc(-c2cc(C(=O)Nc3ccc(F)cc3)c3c(C)nn([C@H]4CCS(=O)(=O)C4)c3n2)cc1. The molecule has 1 atom stereocenters. The molecule has 8 nitrogen and oxygen atoms in total. The number of nitrogens with one attached hydrogen (secondary N) is 1. The maximum atomic E-state index is 13.4. The molecule has 1 aliphatic heterocycles. The number of amides is 1. The van der Waals surface area contributed by atoms with E-state index in [1.54, 1.807) is 36.9 Å². The molecule has 0 bridgehead atoms. The van der Waals surface area contributed by atoms with Gasteiger partial charge in [-0.3, -0.25) is 4.79 Å². The molecule has 0 spiro atoms. The Morgan fingerprint density at radius 2 is 1.86 bits per heavy atom. The van der Waals surface area contributed by atoms with Gasteiger partial charge < -0.3 is 10.1 Å². The van der Waals surface area contributed by atoms with E-state index in [0.29, 0.717) is 45.8 Å². The summed E-state index contributed by atoms with van der Waals surface area (Å²) in [4.78, 5) is 18.2. The smallest absolute Gasteiger partial charge is 0.256 e. The van der Waals surface area contributed by atoms with Crippen molar-refractivity contribution >= 4 is 32.5 Å². The number of nitrogens with zero attached hydrogens (tertiary/aromatic N) is 3. The van der Waals surface area contributed by atoms with Gasteiger partial charge >= 0.3 is 0 Å². The van der Waals surface area contributed by atoms with Crippen LogP contribution in [0.1, 0.15) is 28.5 Å². The number of anilines is 1. The molecule has 1 saturated heterocycles. The van der Waals surface area contributed by atoms with Crippen LogP contribution in [0.25, 0.3) is 22.3 Å². The zero-order valence-corrected chi connectivity index (χ0v) is 20.0. The average Bonchev–Trinajstić information content (AvgIpc) is 3.38. The average molecular weight is 495 g/mol. The molecule has 10 heteroatoms. The van der Waals surface area contributed by atoms with Crippen LogP contribution in [-0.2, 0) is 9.84 Å². The van der Waals surface area contributed by atoms with Crippen LogP contribution in [-0.4, -0.2) is 47.7 Å². The standard InChI is InChI=1S/C25H23FN4O4S/c1-15-23-21(25(31)27-18-7-5-17(26)6-8-18)13-22(16-3-9-20(34-2)10-4-16)28-24(23)30(29-15)19-11-12-35(32,33)14-19/h3-10,13,19H,11-12,14H2,1-2H3,(H,27,31)/t19-/m0/s1. The normalized spacial score (nSPS) is 16.9. The van der Waals surface area contributed by atoms with Crippen LogP contribution in [0.15, 0.2) is 54.6 Å². The summed E-state index contributed by atoms with van der Waals surface area (Å²) in [5.41, 5.74) is 3.10. The monoisotopic (exact) mass is 494 g/mol. The van der Waals surface area contributed by atoms with E-state index < -0.39 is 21.6 Å². The van der Waals surface area contributed by atoms with Crippen molar-refractivity contribution < 1.29 is 22.3 Å². The van der Waals surface area contributed by atoms with Crippen LogP contribution in [0.4, 0.5) is 10.1 Å². The predicted molar refractivity (Wildman–Crippen MR) is 131 cm³/mol. The summed E-state index contributed by atoms with van der Waals surface area (Å²) >= 11 is 0. The second kappa shape index (κ2) is 8.77. The lowest BCUT2D eigenvalue weighted by Crippen LogP contribution is -2.15. The van der Waals surface area contributed by atoms with Gasteiger partial charge in [-0.1, -0.05) is 0 Å². The number of rotatable bonds is 5. The van der Waals surface area contributed by atoms with E-state index in [1.807, 2.05) is 12.1 Å². The van der Waals surface area contributed by atoms with E-state index in [0.717, 1.165) is 5.56 Å². The molecular weight excluding hydrogens is 471 g/mol. The molecule has 0 radical (unpaired) electrons. The number of hydrogen-bond acceptors (Lipinski definition) is 6. The first-order valence-electron chi connectivity index (χ1n) is 11.1. The van der Waals surface area contributed by atoms with Gasteiger partial charge in [-0.15, -0.1) is 0 Å². The van der Waals surface area contributed by atoms with E-state index in [2.05, 4.69) is 10.4 Å². The molecule has 1 amide bonds. The molecule has 3 heterocycles. The number of hydrogen-bond donors (Lipinski definition) is 1. The second-order valence-corrected chi connectivity index (χ2v) is 10.8. The largest absolute Gasteiger partial charge is 0.497 e. The molecule has 35 heavy (non-hydrogen) atoms. The van der Waals surface area contributed by atoms with Gasteiger partial charge in [-0.05, 0) is 67.9 Å². The summed E-state index contributed by atoms with van der Waals surface area (Å²) in [5, 5.41) is 7.96.